The van der Waals surface area contributed by atoms with Crippen LogP contribution in [0.5, 0.6) is 0 Å². The summed E-state index contributed by atoms with van der Waals surface area (Å²) in [6.07, 6.45) is 0.339. The fourth-order valence-corrected chi connectivity index (χ4v) is 7.84. The highest BCUT2D eigenvalue weighted by Crippen LogP contribution is 2.44. The third-order valence-electron chi connectivity index (χ3n) is 11.0. The van der Waals surface area contributed by atoms with E-state index in [1.807, 2.05) is 146 Å². The van der Waals surface area contributed by atoms with E-state index in [1.165, 1.54) is 0 Å². The average molecular weight is 852 g/mol. The summed E-state index contributed by atoms with van der Waals surface area (Å²) in [7, 11) is 0. The van der Waals surface area contributed by atoms with E-state index in [2.05, 4.69) is 21.1 Å². The van der Waals surface area contributed by atoms with Crippen LogP contribution in [0.4, 0.5) is 9.59 Å². The Morgan fingerprint density at radius 3 is 1.71 bits per heavy atom. The molecule has 0 fully saturated rings. The number of amides is 3. The van der Waals surface area contributed by atoms with Crippen LogP contribution in [-0.4, -0.2) is 54.7 Å². The summed E-state index contributed by atoms with van der Waals surface area (Å²) in [5.74, 6) is -1.68. The summed E-state index contributed by atoms with van der Waals surface area (Å²) in [5.41, 5.74) is 11.3. The number of alkyl carbamates (subject to hydrolysis) is 2. The summed E-state index contributed by atoms with van der Waals surface area (Å²) in [5, 5.41) is 12.6. The van der Waals surface area contributed by atoms with E-state index < -0.39 is 35.3 Å². The van der Waals surface area contributed by atoms with Crippen LogP contribution in [0.25, 0.3) is 11.1 Å². The van der Waals surface area contributed by atoms with E-state index in [9.17, 15) is 19.2 Å². The van der Waals surface area contributed by atoms with Crippen molar-refractivity contribution in [2.45, 2.75) is 82.9 Å². The lowest BCUT2D eigenvalue weighted by atomic mass is 9.77. The maximum absolute atomic E-state index is 14.2. The number of carbonyl (C=O) groups is 4. The Bertz CT molecular complexity index is 2210. The minimum absolute atomic E-state index is 0.0196. The first-order valence-corrected chi connectivity index (χ1v) is 21.5. The van der Waals surface area contributed by atoms with Gasteiger partial charge in [0.2, 0.25) is 5.91 Å². The number of ether oxygens (including phenoxy) is 2. The molecule has 0 aliphatic heterocycles. The molecule has 0 saturated heterocycles. The number of unbranched alkanes of at least 4 members (excludes halogenated alkanes) is 1. The van der Waals surface area contributed by atoms with Gasteiger partial charge in [0.1, 0.15) is 29.6 Å². The zero-order valence-corrected chi connectivity index (χ0v) is 36.3. The van der Waals surface area contributed by atoms with Gasteiger partial charge in [-0.15, -0.1) is 0 Å². The van der Waals surface area contributed by atoms with Gasteiger partial charge >= 0.3 is 18.2 Å². The lowest BCUT2D eigenvalue weighted by Crippen LogP contribution is -2.48. The first-order valence-electron chi connectivity index (χ1n) is 21.5. The van der Waals surface area contributed by atoms with Gasteiger partial charge in [-0.05, 0) is 79.0 Å². The fraction of sp³-hybridized carbons (Fsp3) is 0.314. The number of fused-ring (bicyclic) bond motifs is 3. The number of hydrogen-bond acceptors (Lipinski definition) is 8. The molecule has 0 unspecified atom stereocenters. The van der Waals surface area contributed by atoms with Crippen molar-refractivity contribution < 1.29 is 33.5 Å². The molecule has 2 atom stereocenters. The predicted molar refractivity (Wildman–Crippen MR) is 244 cm³/mol. The lowest BCUT2D eigenvalue weighted by Gasteiger charge is -2.37. The van der Waals surface area contributed by atoms with Crippen LogP contribution in [-0.2, 0) is 29.4 Å². The molecule has 63 heavy (non-hydrogen) atoms. The van der Waals surface area contributed by atoms with Gasteiger partial charge < -0.3 is 36.0 Å². The molecule has 5 aromatic carbocycles. The Morgan fingerprint density at radius 2 is 1.19 bits per heavy atom. The molecule has 5 N–H and O–H groups in total. The van der Waals surface area contributed by atoms with Crippen LogP contribution in [0.1, 0.15) is 93.5 Å². The first-order chi connectivity index (χ1) is 30.4. The van der Waals surface area contributed by atoms with Crippen molar-refractivity contribution in [3.63, 3.8) is 0 Å². The highest BCUT2D eigenvalue weighted by atomic mass is 16.7. The highest BCUT2D eigenvalue weighted by molar-refractivity contribution is 5.86. The molecular weight excluding hydrogens is 795 g/mol. The lowest BCUT2D eigenvalue weighted by molar-refractivity contribution is -0.146. The smallest absolute Gasteiger partial charge is 0.407 e. The number of benzene rings is 5. The molecular formula is C51H57N5O7. The molecule has 5 aromatic rings. The Morgan fingerprint density at radius 1 is 0.683 bits per heavy atom. The normalized spacial score (nSPS) is 13.4. The van der Waals surface area contributed by atoms with Gasteiger partial charge in [-0.25, -0.2) is 14.4 Å². The van der Waals surface area contributed by atoms with Gasteiger partial charge in [0.15, 0.2) is 0 Å². The zero-order chi connectivity index (χ0) is 44.8. The third-order valence-corrected chi connectivity index (χ3v) is 11.0. The predicted octanol–water partition coefficient (Wildman–Crippen LogP) is 8.93. The first kappa shape index (κ1) is 45.6. The molecule has 1 aliphatic rings. The van der Waals surface area contributed by atoms with Gasteiger partial charge in [-0.2, -0.15) is 0 Å². The standard InChI is InChI=1S/C51H57N5O7/c1-35(20-18-19-33-53-48(59)62-50(2,3)4)46(52)56-63-47(58)44(54-49(60)61-34-43-41-29-16-14-27-39(41)40-28-15-17-30-42(40)43)31-32-45(57)55-51(36-21-8-5-9-22-36,37-23-10-6-11-24-37)38-25-12-7-13-26-38/h5-17,21-30,35,43-44H,18-20,31-34H2,1-4H3,(H2,52,56)(H,53,59)(H,54,60)(H,55,57)/t35-,44-/m0/s1. The maximum atomic E-state index is 14.2. The van der Waals surface area contributed by atoms with Crippen molar-refractivity contribution in [2.75, 3.05) is 13.2 Å². The molecule has 0 spiro atoms. The second-order valence-electron chi connectivity index (χ2n) is 16.7. The number of oxime groups is 1. The quantitative estimate of drug-likeness (QED) is 0.0169. The van der Waals surface area contributed by atoms with E-state index in [4.69, 9.17) is 20.0 Å². The molecule has 0 radical (unpaired) electrons. The van der Waals surface area contributed by atoms with Crippen molar-refractivity contribution in [1.29, 1.82) is 0 Å². The molecule has 3 amide bonds. The topological polar surface area (TPSA) is 170 Å². The summed E-state index contributed by atoms with van der Waals surface area (Å²) in [6.45, 7) is 7.70. The minimum Gasteiger partial charge on any atom is -0.449 e. The van der Waals surface area contributed by atoms with Crippen LogP contribution in [0, 0.1) is 5.92 Å². The van der Waals surface area contributed by atoms with Crippen LogP contribution in [0.2, 0.25) is 0 Å². The van der Waals surface area contributed by atoms with Crippen LogP contribution >= 0.6 is 0 Å². The summed E-state index contributed by atoms with van der Waals surface area (Å²) < 4.78 is 11.1. The zero-order valence-electron chi connectivity index (χ0n) is 36.3. The number of nitrogens with two attached hydrogens (primary N) is 1. The van der Waals surface area contributed by atoms with Gasteiger partial charge in [0.05, 0.1) is 0 Å². The minimum atomic E-state index is -1.32. The van der Waals surface area contributed by atoms with Crippen LogP contribution < -0.4 is 21.7 Å². The third kappa shape index (κ3) is 11.9. The number of carbonyl (C=O) groups excluding carboxylic acids is 4. The van der Waals surface area contributed by atoms with E-state index in [0.29, 0.717) is 25.8 Å². The Hall–Kier alpha value is -6.95. The molecule has 0 aromatic heterocycles. The van der Waals surface area contributed by atoms with E-state index in [0.717, 1.165) is 38.9 Å². The van der Waals surface area contributed by atoms with Crippen LogP contribution in [0.3, 0.4) is 0 Å². The van der Waals surface area contributed by atoms with Crippen LogP contribution in [0.15, 0.2) is 145 Å². The number of rotatable bonds is 18. The SMILES string of the molecule is C[C@@H](CCCCNC(=O)OC(C)(C)C)/C(N)=N/OC(=O)[C@H](CCC(=O)NC(c1ccccc1)(c1ccccc1)c1ccccc1)NC(=O)OCC1c2ccccc2-c2ccccc21. The number of hydrogen-bond donors (Lipinski definition) is 4. The van der Waals surface area contributed by atoms with Gasteiger partial charge in [-0.1, -0.05) is 158 Å². The number of nitrogens with one attached hydrogen (secondary N) is 3. The molecule has 0 bridgehead atoms. The summed E-state index contributed by atoms with van der Waals surface area (Å²) >= 11 is 0. The van der Waals surface area contributed by atoms with Crippen molar-refractivity contribution >= 4 is 29.9 Å². The molecule has 0 heterocycles. The molecule has 328 valence electrons. The second-order valence-corrected chi connectivity index (χ2v) is 16.7. The molecule has 0 saturated carbocycles. The van der Waals surface area contributed by atoms with Crippen molar-refractivity contribution in [2.24, 2.45) is 16.8 Å². The van der Waals surface area contributed by atoms with Gasteiger partial charge in [0, 0.05) is 24.8 Å². The second kappa shape index (κ2) is 21.2. The van der Waals surface area contributed by atoms with Gasteiger partial charge in [-0.3, -0.25) is 4.79 Å². The average Bonchev–Trinajstić information content (AvgIpc) is 3.61. The van der Waals surface area contributed by atoms with E-state index in [1.54, 1.807) is 20.8 Å². The molecule has 6 rings (SSSR count). The monoisotopic (exact) mass is 851 g/mol. The molecule has 1 aliphatic carbocycles. The Balaban J connectivity index is 1.15. The summed E-state index contributed by atoms with van der Waals surface area (Å²) in [4.78, 5) is 58.9. The molecule has 12 nitrogen and oxygen atoms in total. The number of nitrogens with zero attached hydrogens (tertiary/aromatic N) is 1. The number of amidine groups is 1. The van der Waals surface area contributed by atoms with Crippen molar-refractivity contribution in [3.8, 4) is 11.1 Å². The largest absolute Gasteiger partial charge is 0.449 e. The molecule has 12 heteroatoms. The Kier molecular flexibility index (Phi) is 15.4. The van der Waals surface area contributed by atoms with E-state index >= 15 is 0 Å². The van der Waals surface area contributed by atoms with E-state index in [-0.39, 0.29) is 43.0 Å². The van der Waals surface area contributed by atoms with Crippen molar-refractivity contribution in [3.05, 3.63) is 167 Å². The highest BCUT2D eigenvalue weighted by Gasteiger charge is 2.38. The maximum Gasteiger partial charge on any atom is 0.407 e. The summed E-state index contributed by atoms with van der Waals surface area (Å²) in [6, 6.07) is 43.7. The van der Waals surface area contributed by atoms with Crippen molar-refractivity contribution in [1.82, 2.24) is 16.0 Å². The fourth-order valence-electron chi connectivity index (χ4n) is 7.84. The van der Waals surface area contributed by atoms with Gasteiger partial charge in [0.25, 0.3) is 0 Å². The Labute approximate surface area is 369 Å².